The Balaban J connectivity index is 2.27. The van der Waals surface area contributed by atoms with Crippen molar-refractivity contribution in [1.82, 2.24) is 19.9 Å². The van der Waals surface area contributed by atoms with Crippen molar-refractivity contribution in [2.75, 3.05) is 0 Å². The summed E-state index contributed by atoms with van der Waals surface area (Å²) in [6.07, 6.45) is 5.16. The van der Waals surface area contributed by atoms with Gasteiger partial charge < -0.3 is 15.0 Å². The van der Waals surface area contributed by atoms with E-state index in [9.17, 15) is 4.79 Å². The van der Waals surface area contributed by atoms with Gasteiger partial charge in [-0.2, -0.15) is 0 Å². The van der Waals surface area contributed by atoms with Crippen molar-refractivity contribution in [2.24, 2.45) is 0 Å². The van der Waals surface area contributed by atoms with Crippen molar-refractivity contribution in [1.29, 1.82) is 0 Å². The Hall–Kier alpha value is -2.27. The lowest BCUT2D eigenvalue weighted by Gasteiger charge is -1.91. The van der Waals surface area contributed by atoms with Gasteiger partial charge in [-0.15, -0.1) is 0 Å². The molecule has 0 radical (unpaired) electrons. The number of imidazole rings is 1. The fraction of sp³-hybridized carbons (Fsp3) is 0.143. The first-order valence-electron chi connectivity index (χ1n) is 6.15. The van der Waals surface area contributed by atoms with Crippen LogP contribution in [-0.2, 0) is 0 Å². The molecule has 0 aromatic carbocycles. The third kappa shape index (κ3) is 2.16. The molecule has 0 aliphatic heterocycles. The predicted octanol–water partition coefficient (Wildman–Crippen LogP) is 1.25. The molecule has 0 fully saturated rings. The zero-order valence-corrected chi connectivity index (χ0v) is 11.8. The number of rotatable bonds is 1. The molecule has 0 aliphatic carbocycles. The second kappa shape index (κ2) is 4.68. The van der Waals surface area contributed by atoms with E-state index in [-0.39, 0.29) is 5.56 Å². The summed E-state index contributed by atoms with van der Waals surface area (Å²) in [6.45, 7) is 3.86. The van der Waals surface area contributed by atoms with Gasteiger partial charge in [0.1, 0.15) is 16.5 Å². The quantitative estimate of drug-likeness (QED) is 0.630. The largest absolute Gasteiger partial charge is 0.346 e. The Morgan fingerprint density at radius 2 is 2.15 bits per heavy atom. The summed E-state index contributed by atoms with van der Waals surface area (Å²) in [5.41, 5.74) is 3.21. The summed E-state index contributed by atoms with van der Waals surface area (Å²) < 4.78 is 0. The van der Waals surface area contributed by atoms with Crippen molar-refractivity contribution >= 4 is 34.3 Å². The van der Waals surface area contributed by atoms with Gasteiger partial charge >= 0.3 is 0 Å². The van der Waals surface area contributed by atoms with Crippen molar-refractivity contribution in [3.63, 3.8) is 0 Å². The number of fused-ring (bicyclic) bond motifs is 1. The van der Waals surface area contributed by atoms with E-state index in [0.29, 0.717) is 10.4 Å². The van der Waals surface area contributed by atoms with Crippen LogP contribution in [0.5, 0.6) is 0 Å². The molecule has 6 heteroatoms. The lowest BCUT2D eigenvalue weighted by atomic mass is 10.2. The van der Waals surface area contributed by atoms with Crippen LogP contribution in [0.2, 0.25) is 5.02 Å². The van der Waals surface area contributed by atoms with Crippen molar-refractivity contribution < 1.29 is 0 Å². The number of nitrogens with zero attached hydrogens (tertiary/aromatic N) is 1. The molecule has 0 saturated heterocycles. The number of pyridine rings is 1. The summed E-state index contributed by atoms with van der Waals surface area (Å²) in [5, 5.41) is 1.94. The van der Waals surface area contributed by atoms with Crippen LogP contribution in [0.4, 0.5) is 0 Å². The van der Waals surface area contributed by atoms with Crippen LogP contribution in [0.25, 0.3) is 22.7 Å². The standard InChI is InChI=1S/C14H13ClN4O/c1-7(2)12-18-11(14(20)19-12)3-8-5-16-13-10(8)4-9(15)6-17-13/h3-6,18H,1-2H3,(H,16,17)(H,19,20). The van der Waals surface area contributed by atoms with Crippen LogP contribution >= 0.6 is 11.6 Å². The van der Waals surface area contributed by atoms with Crippen molar-refractivity contribution in [3.8, 4) is 0 Å². The molecule has 0 spiro atoms. The molecule has 3 rings (SSSR count). The SMILES string of the molecule is CC(C)=c1[nH]c(=O)c(=Cc2c[nH]c3ncc(Cl)cc23)[nH]1. The Bertz CT molecular complexity index is 957. The van der Waals surface area contributed by atoms with Crippen LogP contribution in [0.1, 0.15) is 19.4 Å². The molecule has 0 unspecified atom stereocenters. The van der Waals surface area contributed by atoms with Crippen LogP contribution in [0.15, 0.2) is 23.3 Å². The third-order valence-electron chi connectivity index (χ3n) is 3.07. The average Bonchev–Trinajstić information content (AvgIpc) is 2.95. The smallest absolute Gasteiger partial charge is 0.273 e. The number of aromatic nitrogens is 4. The van der Waals surface area contributed by atoms with Crippen molar-refractivity contribution in [3.05, 3.63) is 50.2 Å². The fourth-order valence-corrected chi connectivity index (χ4v) is 2.19. The zero-order chi connectivity index (χ0) is 14.3. The molecule has 20 heavy (non-hydrogen) atoms. The van der Waals surface area contributed by atoms with Gasteiger partial charge in [0.15, 0.2) is 0 Å². The second-order valence-electron chi connectivity index (χ2n) is 4.81. The van der Waals surface area contributed by atoms with E-state index in [2.05, 4.69) is 19.9 Å². The first kappa shape index (κ1) is 12.7. The maximum atomic E-state index is 11.9. The molecule has 0 amide bonds. The van der Waals surface area contributed by atoms with E-state index in [0.717, 1.165) is 27.6 Å². The summed E-state index contributed by atoms with van der Waals surface area (Å²) in [6, 6.07) is 1.82. The highest BCUT2D eigenvalue weighted by Crippen LogP contribution is 2.20. The molecule has 0 aliphatic rings. The van der Waals surface area contributed by atoms with Crippen LogP contribution in [0, 0.1) is 0 Å². The normalized spacial score (nSPS) is 12.2. The van der Waals surface area contributed by atoms with Gasteiger partial charge in [-0.05, 0) is 31.6 Å². The van der Waals surface area contributed by atoms with E-state index in [1.54, 1.807) is 18.5 Å². The topological polar surface area (TPSA) is 77.3 Å². The number of halogens is 1. The van der Waals surface area contributed by atoms with Gasteiger partial charge in [-0.1, -0.05) is 11.6 Å². The number of nitrogens with one attached hydrogen (secondary N) is 3. The molecular formula is C14H13ClN4O. The van der Waals surface area contributed by atoms with Gasteiger partial charge in [0, 0.05) is 23.3 Å². The Morgan fingerprint density at radius 1 is 1.35 bits per heavy atom. The van der Waals surface area contributed by atoms with Gasteiger partial charge in [0.2, 0.25) is 0 Å². The highest BCUT2D eigenvalue weighted by atomic mass is 35.5. The van der Waals surface area contributed by atoms with E-state index in [1.165, 1.54) is 0 Å². The molecular weight excluding hydrogens is 276 g/mol. The molecule has 0 bridgehead atoms. The van der Waals surface area contributed by atoms with E-state index in [4.69, 9.17) is 11.6 Å². The monoisotopic (exact) mass is 288 g/mol. The molecule has 3 heterocycles. The minimum Gasteiger partial charge on any atom is -0.346 e. The van der Waals surface area contributed by atoms with Gasteiger partial charge in [-0.3, -0.25) is 4.79 Å². The molecule has 3 aromatic rings. The van der Waals surface area contributed by atoms with Crippen LogP contribution in [0.3, 0.4) is 0 Å². The fourth-order valence-electron chi connectivity index (χ4n) is 2.03. The van der Waals surface area contributed by atoms with E-state index >= 15 is 0 Å². The maximum Gasteiger partial charge on any atom is 0.273 e. The number of hydrogen-bond donors (Lipinski definition) is 3. The number of hydrogen-bond acceptors (Lipinski definition) is 2. The average molecular weight is 289 g/mol. The van der Waals surface area contributed by atoms with Crippen LogP contribution in [-0.4, -0.2) is 19.9 Å². The number of H-pyrrole nitrogens is 3. The zero-order valence-electron chi connectivity index (χ0n) is 11.0. The lowest BCUT2D eigenvalue weighted by Crippen LogP contribution is -2.22. The molecule has 0 atom stereocenters. The summed E-state index contributed by atoms with van der Waals surface area (Å²) >= 11 is 5.96. The minimum atomic E-state index is -0.148. The molecule has 102 valence electrons. The second-order valence-corrected chi connectivity index (χ2v) is 5.24. The Labute approximate surface area is 119 Å². The highest BCUT2D eigenvalue weighted by Gasteiger charge is 2.04. The first-order valence-corrected chi connectivity index (χ1v) is 6.52. The molecule has 5 nitrogen and oxygen atoms in total. The third-order valence-corrected chi connectivity index (χ3v) is 3.28. The van der Waals surface area contributed by atoms with Gasteiger partial charge in [-0.25, -0.2) is 4.98 Å². The lowest BCUT2D eigenvalue weighted by molar-refractivity contribution is 1.15. The van der Waals surface area contributed by atoms with Crippen molar-refractivity contribution in [2.45, 2.75) is 13.8 Å². The highest BCUT2D eigenvalue weighted by molar-refractivity contribution is 6.31. The summed E-state index contributed by atoms with van der Waals surface area (Å²) in [4.78, 5) is 25.0. The Kier molecular flexibility index (Phi) is 2.99. The van der Waals surface area contributed by atoms with E-state index in [1.807, 2.05) is 19.9 Å². The summed E-state index contributed by atoms with van der Waals surface area (Å²) in [7, 11) is 0. The first-order chi connectivity index (χ1) is 9.54. The predicted molar refractivity (Wildman–Crippen MR) is 80.1 cm³/mol. The van der Waals surface area contributed by atoms with Gasteiger partial charge in [0.25, 0.3) is 5.56 Å². The maximum absolute atomic E-state index is 11.9. The van der Waals surface area contributed by atoms with E-state index < -0.39 is 0 Å². The molecule has 3 N–H and O–H groups in total. The number of aromatic amines is 3. The summed E-state index contributed by atoms with van der Waals surface area (Å²) in [5.74, 6) is 0. The minimum absolute atomic E-state index is 0.148. The Morgan fingerprint density at radius 3 is 2.85 bits per heavy atom. The molecule has 3 aromatic heterocycles. The van der Waals surface area contributed by atoms with Gasteiger partial charge in [0.05, 0.1) is 5.02 Å². The van der Waals surface area contributed by atoms with Crippen LogP contribution < -0.4 is 16.4 Å². The molecule has 0 saturated carbocycles.